The van der Waals surface area contributed by atoms with Gasteiger partial charge < -0.3 is 9.88 Å². The fraction of sp³-hybridized carbons (Fsp3) is 0.273. The Morgan fingerprint density at radius 3 is 2.52 bits per heavy atom. The Labute approximate surface area is 158 Å². The van der Waals surface area contributed by atoms with Crippen LogP contribution in [0.2, 0.25) is 0 Å². The molecule has 1 aliphatic heterocycles. The molecule has 1 aliphatic rings. The monoisotopic (exact) mass is 363 g/mol. The van der Waals surface area contributed by atoms with Crippen LogP contribution in [0.15, 0.2) is 60.9 Å². The Morgan fingerprint density at radius 1 is 1.11 bits per heavy atom. The molecule has 2 heterocycles. The van der Waals surface area contributed by atoms with Crippen LogP contribution < -0.4 is 0 Å². The van der Waals surface area contributed by atoms with E-state index in [4.69, 9.17) is 0 Å². The quantitative estimate of drug-likeness (QED) is 0.751. The summed E-state index contributed by atoms with van der Waals surface area (Å²) in [5, 5.41) is 0. The third kappa shape index (κ3) is 3.92. The van der Waals surface area contributed by atoms with Gasteiger partial charge in [-0.25, -0.2) is 9.37 Å². The van der Waals surface area contributed by atoms with Gasteiger partial charge >= 0.3 is 0 Å². The number of hydrogen-bond donors (Lipinski definition) is 1. The molecule has 1 amide bonds. The van der Waals surface area contributed by atoms with E-state index in [0.717, 1.165) is 43.7 Å². The number of hydrogen-bond acceptors (Lipinski definition) is 2. The number of halogens is 1. The molecule has 0 atom stereocenters. The Kier molecular flexibility index (Phi) is 5.01. The third-order valence-electron chi connectivity index (χ3n) is 5.26. The lowest BCUT2D eigenvalue weighted by Gasteiger charge is -2.31. The highest BCUT2D eigenvalue weighted by Gasteiger charge is 2.24. The average Bonchev–Trinajstić information content (AvgIpc) is 3.22. The second-order valence-electron chi connectivity index (χ2n) is 7.03. The van der Waals surface area contributed by atoms with Gasteiger partial charge in [0.2, 0.25) is 0 Å². The summed E-state index contributed by atoms with van der Waals surface area (Å²) in [5.74, 6) is 1.37. The minimum atomic E-state index is -0.254. The van der Waals surface area contributed by atoms with Gasteiger partial charge in [-0.2, -0.15) is 0 Å². The van der Waals surface area contributed by atoms with Gasteiger partial charge in [0, 0.05) is 43.0 Å². The minimum absolute atomic E-state index is 0.0477. The van der Waals surface area contributed by atoms with Crippen LogP contribution >= 0.6 is 0 Å². The number of aromatic nitrogens is 2. The van der Waals surface area contributed by atoms with Crippen LogP contribution in [0.1, 0.15) is 29.0 Å². The van der Waals surface area contributed by atoms with Crippen molar-refractivity contribution in [3.8, 4) is 11.1 Å². The fourth-order valence-electron chi connectivity index (χ4n) is 3.69. The van der Waals surface area contributed by atoms with Crippen LogP contribution in [-0.2, 0) is 6.42 Å². The zero-order valence-corrected chi connectivity index (χ0v) is 15.1. The zero-order valence-electron chi connectivity index (χ0n) is 15.1. The van der Waals surface area contributed by atoms with Crippen molar-refractivity contribution in [2.24, 2.45) is 5.92 Å². The number of likely N-dealkylation sites (tertiary alicyclic amines) is 1. The summed E-state index contributed by atoms with van der Waals surface area (Å²) in [5.41, 5.74) is 1.98. The Morgan fingerprint density at radius 2 is 1.85 bits per heavy atom. The topological polar surface area (TPSA) is 49.0 Å². The summed E-state index contributed by atoms with van der Waals surface area (Å²) in [4.78, 5) is 22.1. The van der Waals surface area contributed by atoms with E-state index in [2.05, 4.69) is 9.97 Å². The molecule has 27 heavy (non-hydrogen) atoms. The molecule has 1 fully saturated rings. The van der Waals surface area contributed by atoms with E-state index in [1.807, 2.05) is 29.3 Å². The lowest BCUT2D eigenvalue weighted by atomic mass is 9.93. The first-order valence-electron chi connectivity index (χ1n) is 9.33. The minimum Gasteiger partial charge on any atom is -0.349 e. The average molecular weight is 363 g/mol. The number of rotatable bonds is 4. The number of carbonyl (C=O) groups excluding carboxylic acids is 1. The maximum atomic E-state index is 13.9. The molecule has 4 rings (SSSR count). The predicted octanol–water partition coefficient (Wildman–Crippen LogP) is 4.31. The van der Waals surface area contributed by atoms with Crippen LogP contribution in [-0.4, -0.2) is 33.9 Å². The summed E-state index contributed by atoms with van der Waals surface area (Å²) in [6.07, 6.45) is 6.53. The molecule has 2 aromatic carbocycles. The van der Waals surface area contributed by atoms with E-state index in [1.54, 1.807) is 30.5 Å². The van der Waals surface area contributed by atoms with Gasteiger partial charge in [0.25, 0.3) is 5.91 Å². The lowest BCUT2D eigenvalue weighted by Crippen LogP contribution is -2.39. The molecule has 5 heteroatoms. The van der Waals surface area contributed by atoms with E-state index >= 15 is 0 Å². The maximum absolute atomic E-state index is 13.9. The molecule has 0 bridgehead atoms. The molecule has 0 unspecified atom stereocenters. The molecular weight excluding hydrogens is 341 g/mol. The van der Waals surface area contributed by atoms with E-state index in [1.165, 1.54) is 6.07 Å². The number of nitrogens with one attached hydrogen (secondary N) is 1. The number of aromatic amines is 1. The number of nitrogens with zero attached hydrogens (tertiary/aromatic N) is 2. The summed E-state index contributed by atoms with van der Waals surface area (Å²) in [6.45, 7) is 1.53. The maximum Gasteiger partial charge on any atom is 0.253 e. The first-order valence-corrected chi connectivity index (χ1v) is 9.33. The van der Waals surface area contributed by atoms with Crippen LogP contribution in [0.3, 0.4) is 0 Å². The summed E-state index contributed by atoms with van der Waals surface area (Å²) >= 11 is 0. The van der Waals surface area contributed by atoms with Gasteiger partial charge in [-0.3, -0.25) is 4.79 Å². The first-order chi connectivity index (χ1) is 13.2. The highest BCUT2D eigenvalue weighted by atomic mass is 19.1. The van der Waals surface area contributed by atoms with Crippen molar-refractivity contribution in [2.45, 2.75) is 19.3 Å². The van der Waals surface area contributed by atoms with E-state index < -0.39 is 0 Å². The summed E-state index contributed by atoms with van der Waals surface area (Å²) in [6, 6.07) is 13.9. The Hall–Kier alpha value is -2.95. The van der Waals surface area contributed by atoms with E-state index in [-0.39, 0.29) is 11.7 Å². The molecule has 1 N–H and O–H groups in total. The second-order valence-corrected chi connectivity index (χ2v) is 7.03. The van der Waals surface area contributed by atoms with Crippen molar-refractivity contribution >= 4 is 5.91 Å². The number of H-pyrrole nitrogens is 1. The molecule has 0 spiro atoms. The van der Waals surface area contributed by atoms with Gasteiger partial charge in [0.15, 0.2) is 0 Å². The molecule has 0 radical (unpaired) electrons. The molecule has 1 saturated heterocycles. The fourth-order valence-corrected chi connectivity index (χ4v) is 3.69. The number of carbonyl (C=O) groups is 1. The Balaban J connectivity index is 1.38. The Bertz CT molecular complexity index is 898. The van der Waals surface area contributed by atoms with Crippen molar-refractivity contribution in [2.75, 3.05) is 13.1 Å². The zero-order chi connectivity index (χ0) is 18.6. The molecule has 0 aliphatic carbocycles. The molecule has 0 saturated carbocycles. The van der Waals surface area contributed by atoms with Crippen molar-refractivity contribution < 1.29 is 9.18 Å². The highest BCUT2D eigenvalue weighted by Crippen LogP contribution is 2.25. The second kappa shape index (κ2) is 7.74. The third-order valence-corrected chi connectivity index (χ3v) is 5.26. The van der Waals surface area contributed by atoms with Crippen LogP contribution in [0.5, 0.6) is 0 Å². The van der Waals surface area contributed by atoms with Gasteiger partial charge in [0.05, 0.1) is 0 Å². The van der Waals surface area contributed by atoms with Crippen LogP contribution in [0, 0.1) is 11.7 Å². The van der Waals surface area contributed by atoms with Gasteiger partial charge in [0.1, 0.15) is 11.6 Å². The summed E-state index contributed by atoms with van der Waals surface area (Å²) < 4.78 is 13.9. The first kappa shape index (κ1) is 17.5. The van der Waals surface area contributed by atoms with Gasteiger partial charge in [-0.05, 0) is 42.5 Å². The van der Waals surface area contributed by atoms with Gasteiger partial charge in [-0.15, -0.1) is 0 Å². The largest absolute Gasteiger partial charge is 0.349 e. The predicted molar refractivity (Wildman–Crippen MR) is 103 cm³/mol. The molecule has 1 aromatic heterocycles. The molecule has 138 valence electrons. The number of piperidine rings is 1. The SMILES string of the molecule is O=C(c1ccc(-c2ccccc2F)cc1)N1CCC(Cc2ncc[nH]2)CC1. The molecule has 3 aromatic rings. The molecule has 4 nitrogen and oxygen atoms in total. The van der Waals surface area contributed by atoms with Crippen molar-refractivity contribution in [1.29, 1.82) is 0 Å². The number of benzene rings is 2. The highest BCUT2D eigenvalue weighted by molar-refractivity contribution is 5.94. The van der Waals surface area contributed by atoms with Gasteiger partial charge in [-0.1, -0.05) is 30.3 Å². The lowest BCUT2D eigenvalue weighted by molar-refractivity contribution is 0.0690. The number of imidazole rings is 1. The van der Waals surface area contributed by atoms with Crippen molar-refractivity contribution in [1.82, 2.24) is 14.9 Å². The molecular formula is C22H22FN3O. The van der Waals surface area contributed by atoms with Crippen LogP contribution in [0.4, 0.5) is 4.39 Å². The normalized spacial score (nSPS) is 15.1. The van der Waals surface area contributed by atoms with E-state index in [0.29, 0.717) is 17.0 Å². The van der Waals surface area contributed by atoms with E-state index in [9.17, 15) is 9.18 Å². The van der Waals surface area contributed by atoms with Crippen molar-refractivity contribution in [3.63, 3.8) is 0 Å². The van der Waals surface area contributed by atoms with Crippen LogP contribution in [0.25, 0.3) is 11.1 Å². The number of amides is 1. The standard InChI is InChI=1S/C22H22FN3O/c23-20-4-2-1-3-19(20)17-5-7-18(8-6-17)22(27)26-13-9-16(10-14-26)15-21-24-11-12-25-21/h1-8,11-12,16H,9-10,13-15H2,(H,24,25). The smallest absolute Gasteiger partial charge is 0.253 e. The summed E-state index contributed by atoms with van der Waals surface area (Å²) in [7, 11) is 0. The van der Waals surface area contributed by atoms with Crippen molar-refractivity contribution in [3.05, 3.63) is 78.1 Å².